The number of ether oxygens (including phenoxy) is 1. The molecule has 1 aliphatic heterocycles. The molecular weight excluding hydrogens is 440 g/mol. The van der Waals surface area contributed by atoms with Gasteiger partial charge in [0.25, 0.3) is 0 Å². The second kappa shape index (κ2) is 9.29. The zero-order valence-corrected chi connectivity index (χ0v) is 20.2. The molecule has 1 amide bonds. The quantitative estimate of drug-likeness (QED) is 0.572. The molecule has 1 aliphatic rings. The van der Waals surface area contributed by atoms with Gasteiger partial charge in [-0.3, -0.25) is 4.79 Å². The van der Waals surface area contributed by atoms with Crippen molar-refractivity contribution in [3.8, 4) is 0 Å². The molecular formula is C25H30N2O5S. The fourth-order valence-electron chi connectivity index (χ4n) is 4.16. The third-order valence-electron chi connectivity index (χ3n) is 5.86. The van der Waals surface area contributed by atoms with Crippen molar-refractivity contribution in [3.05, 3.63) is 59.9 Å². The SMILES string of the molecule is CC(C)c1ccc2occ(CC(=O)Nc3ccc(S(=O)(=O)N4C[C@@H](C)O[C@@H](C)C4)cc3)c2c1. The molecule has 0 radical (unpaired) electrons. The van der Waals surface area contributed by atoms with Crippen molar-refractivity contribution >= 4 is 32.6 Å². The van der Waals surface area contributed by atoms with Crippen molar-refractivity contribution < 1.29 is 22.4 Å². The van der Waals surface area contributed by atoms with Gasteiger partial charge in [0.15, 0.2) is 0 Å². The van der Waals surface area contributed by atoms with Gasteiger partial charge in [-0.25, -0.2) is 8.42 Å². The summed E-state index contributed by atoms with van der Waals surface area (Å²) in [6.07, 6.45) is 1.47. The molecule has 176 valence electrons. The van der Waals surface area contributed by atoms with Crippen LogP contribution in [0.5, 0.6) is 0 Å². The Bertz CT molecular complexity index is 1240. The Hall–Kier alpha value is -2.68. The van der Waals surface area contributed by atoms with Crippen LogP contribution in [0.15, 0.2) is 58.0 Å². The molecule has 1 N–H and O–H groups in total. The van der Waals surface area contributed by atoms with Crippen LogP contribution in [-0.2, 0) is 26.0 Å². The lowest BCUT2D eigenvalue weighted by Crippen LogP contribution is -2.48. The highest BCUT2D eigenvalue weighted by atomic mass is 32.2. The van der Waals surface area contributed by atoms with E-state index in [0.717, 1.165) is 16.5 Å². The smallest absolute Gasteiger partial charge is 0.243 e. The van der Waals surface area contributed by atoms with Gasteiger partial charge in [-0.1, -0.05) is 19.9 Å². The number of amides is 1. The molecule has 33 heavy (non-hydrogen) atoms. The minimum atomic E-state index is -3.62. The molecule has 0 spiro atoms. The number of nitrogens with zero attached hydrogens (tertiary/aromatic N) is 1. The van der Waals surface area contributed by atoms with Crippen molar-refractivity contribution in [1.29, 1.82) is 0 Å². The van der Waals surface area contributed by atoms with Crippen molar-refractivity contribution in [2.24, 2.45) is 0 Å². The van der Waals surface area contributed by atoms with Crippen molar-refractivity contribution in [3.63, 3.8) is 0 Å². The van der Waals surface area contributed by atoms with Crippen LogP contribution >= 0.6 is 0 Å². The number of anilines is 1. The number of morpholine rings is 1. The second-order valence-corrected chi connectivity index (χ2v) is 10.9. The van der Waals surface area contributed by atoms with Crippen LogP contribution in [0.4, 0.5) is 5.69 Å². The van der Waals surface area contributed by atoms with E-state index in [1.807, 2.05) is 26.0 Å². The average Bonchev–Trinajstić information content (AvgIpc) is 3.15. The number of benzene rings is 2. The molecule has 8 heteroatoms. The maximum atomic E-state index is 13.0. The Balaban J connectivity index is 1.44. The van der Waals surface area contributed by atoms with E-state index in [9.17, 15) is 13.2 Å². The van der Waals surface area contributed by atoms with Gasteiger partial charge in [0.2, 0.25) is 15.9 Å². The summed E-state index contributed by atoms with van der Waals surface area (Å²) >= 11 is 0. The summed E-state index contributed by atoms with van der Waals surface area (Å²) in [5, 5.41) is 3.78. The molecule has 2 heterocycles. The number of carbonyl (C=O) groups is 1. The Morgan fingerprint density at radius 1 is 1.09 bits per heavy atom. The summed E-state index contributed by atoms with van der Waals surface area (Å²) in [7, 11) is -3.62. The van der Waals surface area contributed by atoms with Gasteiger partial charge in [-0.05, 0) is 61.7 Å². The van der Waals surface area contributed by atoms with E-state index in [-0.39, 0.29) is 29.4 Å². The van der Waals surface area contributed by atoms with E-state index in [1.165, 1.54) is 22.0 Å². The molecule has 0 unspecified atom stereocenters. The number of sulfonamides is 1. The van der Waals surface area contributed by atoms with Crippen molar-refractivity contribution in [2.45, 2.75) is 57.1 Å². The number of hydrogen-bond acceptors (Lipinski definition) is 5. The maximum Gasteiger partial charge on any atom is 0.243 e. The predicted octanol–water partition coefficient (Wildman–Crippen LogP) is 4.54. The lowest BCUT2D eigenvalue weighted by atomic mass is 10.00. The molecule has 3 aromatic rings. The molecule has 7 nitrogen and oxygen atoms in total. The number of nitrogens with one attached hydrogen (secondary N) is 1. The first-order valence-electron chi connectivity index (χ1n) is 11.2. The first-order valence-corrected chi connectivity index (χ1v) is 12.6. The monoisotopic (exact) mass is 470 g/mol. The van der Waals surface area contributed by atoms with E-state index in [2.05, 4.69) is 25.2 Å². The minimum Gasteiger partial charge on any atom is -0.464 e. The highest BCUT2D eigenvalue weighted by Crippen LogP contribution is 2.27. The number of fused-ring (bicyclic) bond motifs is 1. The zero-order valence-electron chi connectivity index (χ0n) is 19.4. The first-order chi connectivity index (χ1) is 15.6. The summed E-state index contributed by atoms with van der Waals surface area (Å²) in [5.41, 5.74) is 3.30. The fraction of sp³-hybridized carbons (Fsp3) is 0.400. The van der Waals surface area contributed by atoms with Gasteiger partial charge in [-0.15, -0.1) is 0 Å². The van der Waals surface area contributed by atoms with Gasteiger partial charge in [0, 0.05) is 29.7 Å². The first kappa shape index (κ1) is 23.5. The van der Waals surface area contributed by atoms with E-state index < -0.39 is 10.0 Å². The summed E-state index contributed by atoms with van der Waals surface area (Å²) in [5.74, 6) is 0.184. The Morgan fingerprint density at radius 2 is 1.76 bits per heavy atom. The van der Waals surface area contributed by atoms with Gasteiger partial charge in [0.1, 0.15) is 5.58 Å². The highest BCUT2D eigenvalue weighted by Gasteiger charge is 2.32. The number of carbonyl (C=O) groups excluding carboxylic acids is 1. The molecule has 1 aromatic heterocycles. The summed E-state index contributed by atoms with van der Waals surface area (Å²) in [4.78, 5) is 12.8. The summed E-state index contributed by atoms with van der Waals surface area (Å²) in [6, 6.07) is 12.3. The van der Waals surface area contributed by atoms with Gasteiger partial charge < -0.3 is 14.5 Å². The van der Waals surface area contributed by atoms with E-state index in [0.29, 0.717) is 24.7 Å². The maximum absolute atomic E-state index is 13.0. The van der Waals surface area contributed by atoms with Crippen LogP contribution in [0, 0.1) is 0 Å². The topological polar surface area (TPSA) is 88.8 Å². The largest absolute Gasteiger partial charge is 0.464 e. The molecule has 2 aromatic carbocycles. The molecule has 0 bridgehead atoms. The lowest BCUT2D eigenvalue weighted by Gasteiger charge is -2.34. The van der Waals surface area contributed by atoms with E-state index in [1.54, 1.807) is 18.4 Å². The van der Waals surface area contributed by atoms with Crippen LogP contribution in [-0.4, -0.2) is 43.9 Å². The highest BCUT2D eigenvalue weighted by molar-refractivity contribution is 7.89. The van der Waals surface area contributed by atoms with Gasteiger partial charge in [-0.2, -0.15) is 4.31 Å². The van der Waals surface area contributed by atoms with Gasteiger partial charge >= 0.3 is 0 Å². The lowest BCUT2D eigenvalue weighted by molar-refractivity contribution is -0.115. The van der Waals surface area contributed by atoms with Crippen LogP contribution in [0.3, 0.4) is 0 Å². The normalized spacial score (nSPS) is 19.8. The van der Waals surface area contributed by atoms with E-state index in [4.69, 9.17) is 9.15 Å². The molecule has 0 aliphatic carbocycles. The standard InChI is InChI=1S/C25H30N2O5S/c1-16(2)19-5-10-24-23(11-19)20(15-31-24)12-25(28)26-21-6-8-22(9-7-21)33(29,30)27-13-17(3)32-18(4)14-27/h5-11,15-18H,12-14H2,1-4H3,(H,26,28)/t17-,18+. The molecule has 0 saturated carbocycles. The molecule has 1 fully saturated rings. The van der Waals surface area contributed by atoms with Crippen molar-refractivity contribution in [2.75, 3.05) is 18.4 Å². The third-order valence-corrected chi connectivity index (χ3v) is 7.70. The Labute approximate surface area is 194 Å². The zero-order chi connectivity index (χ0) is 23.8. The van der Waals surface area contributed by atoms with E-state index >= 15 is 0 Å². The summed E-state index contributed by atoms with van der Waals surface area (Å²) < 4.78 is 38.7. The van der Waals surface area contributed by atoms with Crippen LogP contribution in [0.1, 0.15) is 44.7 Å². The Morgan fingerprint density at radius 3 is 2.39 bits per heavy atom. The number of furan rings is 1. The minimum absolute atomic E-state index is 0.155. The Kier molecular flexibility index (Phi) is 6.61. The van der Waals surface area contributed by atoms with Crippen LogP contribution in [0.2, 0.25) is 0 Å². The predicted molar refractivity (Wildman–Crippen MR) is 128 cm³/mol. The number of rotatable bonds is 6. The number of hydrogen-bond donors (Lipinski definition) is 1. The third kappa shape index (κ3) is 5.13. The summed E-state index contributed by atoms with van der Waals surface area (Å²) in [6.45, 7) is 8.62. The molecule has 4 rings (SSSR count). The second-order valence-electron chi connectivity index (χ2n) is 9.00. The van der Waals surface area contributed by atoms with Gasteiger partial charge in [0.05, 0.1) is 29.8 Å². The molecule has 1 saturated heterocycles. The fourth-order valence-corrected chi connectivity index (χ4v) is 5.75. The van der Waals surface area contributed by atoms with Crippen molar-refractivity contribution in [1.82, 2.24) is 4.31 Å². The van der Waals surface area contributed by atoms with Crippen LogP contribution < -0.4 is 5.32 Å². The average molecular weight is 471 g/mol. The molecule has 2 atom stereocenters. The van der Waals surface area contributed by atoms with Crippen LogP contribution in [0.25, 0.3) is 11.0 Å².